The summed E-state index contributed by atoms with van der Waals surface area (Å²) in [4.78, 5) is 1.38. The fourth-order valence-corrected chi connectivity index (χ4v) is 5.17. The van der Waals surface area contributed by atoms with Crippen LogP contribution in [-0.2, 0) is 6.42 Å². The van der Waals surface area contributed by atoms with Crippen molar-refractivity contribution in [3.05, 3.63) is 106 Å². The molecule has 1 heteroatoms. The molecule has 1 aliphatic rings. The van der Waals surface area contributed by atoms with Crippen LogP contribution in [-0.4, -0.2) is 0 Å². The van der Waals surface area contributed by atoms with Crippen LogP contribution in [0.4, 0.5) is 0 Å². The van der Waals surface area contributed by atoms with Crippen LogP contribution in [0, 0.1) is 0 Å². The SMILES string of the molecule is C1=C(c2cccs2)Cc2cccc(-c3cccc4cc5ccccc5cc34)c21. The van der Waals surface area contributed by atoms with E-state index in [1.807, 2.05) is 11.3 Å². The van der Waals surface area contributed by atoms with Gasteiger partial charge in [-0.1, -0.05) is 66.7 Å². The summed E-state index contributed by atoms with van der Waals surface area (Å²) in [6.07, 6.45) is 3.42. The van der Waals surface area contributed by atoms with E-state index in [0.29, 0.717) is 0 Å². The Bertz CT molecular complexity index is 1370. The molecule has 0 atom stereocenters. The first-order valence-corrected chi connectivity index (χ1v) is 10.5. The van der Waals surface area contributed by atoms with Gasteiger partial charge in [0.05, 0.1) is 0 Å². The first kappa shape index (κ1) is 15.9. The van der Waals surface area contributed by atoms with Crippen LogP contribution in [0.1, 0.15) is 16.0 Å². The first-order chi connectivity index (χ1) is 13.9. The van der Waals surface area contributed by atoms with E-state index < -0.39 is 0 Å². The van der Waals surface area contributed by atoms with Crippen molar-refractivity contribution in [3.63, 3.8) is 0 Å². The summed E-state index contributed by atoms with van der Waals surface area (Å²) in [6.45, 7) is 0. The Balaban J connectivity index is 1.60. The normalized spacial score (nSPS) is 13.1. The molecule has 0 radical (unpaired) electrons. The van der Waals surface area contributed by atoms with Crippen LogP contribution >= 0.6 is 11.3 Å². The van der Waals surface area contributed by atoms with Gasteiger partial charge in [0.2, 0.25) is 0 Å². The largest absolute Gasteiger partial charge is 0.144 e. The molecule has 1 aliphatic carbocycles. The third kappa shape index (κ3) is 2.44. The van der Waals surface area contributed by atoms with Crippen molar-refractivity contribution >= 4 is 44.5 Å². The minimum Gasteiger partial charge on any atom is -0.144 e. The lowest BCUT2D eigenvalue weighted by molar-refractivity contribution is 1.33. The summed E-state index contributed by atoms with van der Waals surface area (Å²) in [5, 5.41) is 7.38. The zero-order valence-corrected chi connectivity index (χ0v) is 16.2. The summed E-state index contributed by atoms with van der Waals surface area (Å²) < 4.78 is 0. The molecule has 0 N–H and O–H groups in total. The molecule has 1 aromatic heterocycles. The minimum atomic E-state index is 1.03. The van der Waals surface area contributed by atoms with E-state index in [-0.39, 0.29) is 0 Å². The van der Waals surface area contributed by atoms with Crippen molar-refractivity contribution in [1.82, 2.24) is 0 Å². The quantitative estimate of drug-likeness (QED) is 0.276. The number of hydrogen-bond acceptors (Lipinski definition) is 1. The molecule has 132 valence electrons. The number of fused-ring (bicyclic) bond motifs is 3. The lowest BCUT2D eigenvalue weighted by Crippen LogP contribution is -1.89. The van der Waals surface area contributed by atoms with E-state index >= 15 is 0 Å². The predicted octanol–water partition coefficient (Wildman–Crippen LogP) is 7.82. The minimum absolute atomic E-state index is 1.03. The molecule has 0 nitrogen and oxygen atoms in total. The highest BCUT2D eigenvalue weighted by Crippen LogP contribution is 2.41. The smallest absolute Gasteiger partial charge is 0.0305 e. The molecule has 5 aromatic rings. The molecule has 4 aromatic carbocycles. The second-order valence-corrected chi connectivity index (χ2v) is 8.38. The molecular formula is C27H18S. The fourth-order valence-electron chi connectivity index (χ4n) is 4.42. The maximum Gasteiger partial charge on any atom is 0.0305 e. The third-order valence-electron chi connectivity index (χ3n) is 5.77. The van der Waals surface area contributed by atoms with Gasteiger partial charge in [0, 0.05) is 4.88 Å². The van der Waals surface area contributed by atoms with E-state index in [1.165, 1.54) is 54.2 Å². The van der Waals surface area contributed by atoms with Crippen LogP contribution in [0.25, 0.3) is 44.3 Å². The van der Waals surface area contributed by atoms with E-state index in [2.05, 4.69) is 96.4 Å². The second-order valence-electron chi connectivity index (χ2n) is 7.43. The molecule has 0 aliphatic heterocycles. The van der Waals surface area contributed by atoms with Crippen LogP contribution in [0.15, 0.2) is 90.3 Å². The monoisotopic (exact) mass is 374 g/mol. The van der Waals surface area contributed by atoms with Gasteiger partial charge in [-0.2, -0.15) is 0 Å². The molecule has 0 fully saturated rings. The Labute approximate surface area is 168 Å². The summed E-state index contributed by atoms with van der Waals surface area (Å²) in [7, 11) is 0. The number of rotatable bonds is 2. The van der Waals surface area contributed by atoms with Gasteiger partial charge in [-0.05, 0) is 85.4 Å². The Morgan fingerprint density at radius 1 is 0.643 bits per heavy atom. The molecule has 0 amide bonds. The molecule has 6 rings (SSSR count). The molecule has 0 spiro atoms. The predicted molar refractivity (Wildman–Crippen MR) is 123 cm³/mol. The summed E-state index contributed by atoms with van der Waals surface area (Å²) in [5.74, 6) is 0. The van der Waals surface area contributed by atoms with E-state index in [9.17, 15) is 0 Å². The molecule has 0 saturated carbocycles. The highest BCUT2D eigenvalue weighted by atomic mass is 32.1. The average molecular weight is 375 g/mol. The van der Waals surface area contributed by atoms with Gasteiger partial charge in [0.25, 0.3) is 0 Å². The average Bonchev–Trinajstić information content (AvgIpc) is 3.41. The van der Waals surface area contributed by atoms with E-state index in [0.717, 1.165) is 6.42 Å². The van der Waals surface area contributed by atoms with Crippen molar-refractivity contribution in [2.45, 2.75) is 6.42 Å². The Kier molecular flexibility index (Phi) is 3.50. The van der Waals surface area contributed by atoms with E-state index in [4.69, 9.17) is 0 Å². The van der Waals surface area contributed by atoms with Gasteiger partial charge >= 0.3 is 0 Å². The van der Waals surface area contributed by atoms with Gasteiger partial charge in [0.1, 0.15) is 0 Å². The number of benzene rings is 4. The zero-order valence-electron chi connectivity index (χ0n) is 15.4. The molecule has 0 saturated heterocycles. The molecular weight excluding hydrogens is 356 g/mol. The molecule has 28 heavy (non-hydrogen) atoms. The van der Waals surface area contributed by atoms with Gasteiger partial charge in [-0.3, -0.25) is 0 Å². The lowest BCUT2D eigenvalue weighted by Gasteiger charge is -2.12. The Hall–Kier alpha value is -3.16. The van der Waals surface area contributed by atoms with Crippen molar-refractivity contribution in [1.29, 1.82) is 0 Å². The second kappa shape index (κ2) is 6.19. The Morgan fingerprint density at radius 2 is 1.43 bits per heavy atom. The van der Waals surface area contributed by atoms with Crippen LogP contribution in [0.2, 0.25) is 0 Å². The molecule has 0 bridgehead atoms. The van der Waals surface area contributed by atoms with E-state index in [1.54, 1.807) is 0 Å². The maximum absolute atomic E-state index is 2.40. The van der Waals surface area contributed by atoms with Crippen molar-refractivity contribution < 1.29 is 0 Å². The fraction of sp³-hybridized carbons (Fsp3) is 0.0370. The summed E-state index contributed by atoms with van der Waals surface area (Å²) in [6, 6.07) is 31.1. The molecule has 1 heterocycles. The molecule has 0 unspecified atom stereocenters. The van der Waals surface area contributed by atoms with Crippen molar-refractivity contribution in [3.8, 4) is 11.1 Å². The summed E-state index contributed by atoms with van der Waals surface area (Å²) >= 11 is 1.83. The summed E-state index contributed by atoms with van der Waals surface area (Å²) in [5.41, 5.74) is 6.90. The maximum atomic E-state index is 2.40. The first-order valence-electron chi connectivity index (χ1n) is 9.65. The topological polar surface area (TPSA) is 0 Å². The van der Waals surface area contributed by atoms with Crippen LogP contribution in [0.3, 0.4) is 0 Å². The van der Waals surface area contributed by atoms with Gasteiger partial charge in [-0.15, -0.1) is 11.3 Å². The standard InChI is InChI=1S/C27H18S/c1-2-7-19-16-25-20(14-18(19)6-1)8-3-10-23(25)24-11-4-9-21-15-22(17-26(21)24)27-12-5-13-28-27/h1-14,16-17H,15H2. The van der Waals surface area contributed by atoms with Gasteiger partial charge in [-0.25, -0.2) is 0 Å². The zero-order chi connectivity index (χ0) is 18.5. The third-order valence-corrected chi connectivity index (χ3v) is 6.72. The number of allylic oxidation sites excluding steroid dienone is 1. The highest BCUT2D eigenvalue weighted by molar-refractivity contribution is 7.11. The van der Waals surface area contributed by atoms with Gasteiger partial charge < -0.3 is 0 Å². The highest BCUT2D eigenvalue weighted by Gasteiger charge is 2.19. The van der Waals surface area contributed by atoms with Crippen molar-refractivity contribution in [2.24, 2.45) is 0 Å². The van der Waals surface area contributed by atoms with Crippen LogP contribution in [0.5, 0.6) is 0 Å². The number of thiophene rings is 1. The van der Waals surface area contributed by atoms with Crippen LogP contribution < -0.4 is 0 Å². The Morgan fingerprint density at radius 3 is 2.29 bits per heavy atom. The van der Waals surface area contributed by atoms with Crippen molar-refractivity contribution in [2.75, 3.05) is 0 Å². The number of hydrogen-bond donors (Lipinski definition) is 0. The lowest BCUT2D eigenvalue weighted by atomic mass is 9.92. The van der Waals surface area contributed by atoms with Gasteiger partial charge in [0.15, 0.2) is 0 Å².